The lowest BCUT2D eigenvalue weighted by Crippen LogP contribution is -2.72. The van der Waals surface area contributed by atoms with Crippen molar-refractivity contribution in [3.8, 4) is 0 Å². The van der Waals surface area contributed by atoms with Gasteiger partial charge >= 0.3 is 0 Å². The third kappa shape index (κ3) is 3.53. The molecule has 23 heavy (non-hydrogen) atoms. The van der Waals surface area contributed by atoms with Crippen molar-refractivity contribution in [3.05, 3.63) is 0 Å². The van der Waals surface area contributed by atoms with Crippen LogP contribution in [-0.4, -0.2) is 23.5 Å². The summed E-state index contributed by atoms with van der Waals surface area (Å²) in [6.45, 7) is 0. The number of rotatable bonds is 3. The van der Waals surface area contributed by atoms with Gasteiger partial charge in [-0.1, -0.05) is 51.4 Å². The van der Waals surface area contributed by atoms with E-state index in [0.29, 0.717) is 19.3 Å². The maximum Gasteiger partial charge on any atom is 0.238 e. The Bertz CT molecular complexity index is 432. The standard InChI is InChI=1S/C17H32N4O2/c18-13-9-5-4-8-12-17(21-13,15(20)23)16(14(19)22)10-6-2-1-3-7-11-16/h13,21H,1-12,18H2,(H2,19,22)(H2,20,23)/t13-,17?/m1/s1. The van der Waals surface area contributed by atoms with E-state index in [1.807, 2.05) is 0 Å². The molecule has 1 aliphatic carbocycles. The van der Waals surface area contributed by atoms with E-state index in [1.165, 1.54) is 6.42 Å². The summed E-state index contributed by atoms with van der Waals surface area (Å²) in [6, 6.07) is 0. The molecule has 1 unspecified atom stereocenters. The lowest BCUT2D eigenvalue weighted by molar-refractivity contribution is -0.147. The topological polar surface area (TPSA) is 124 Å². The predicted molar refractivity (Wildman–Crippen MR) is 90.1 cm³/mol. The summed E-state index contributed by atoms with van der Waals surface area (Å²) in [4.78, 5) is 25.2. The number of hydrogen-bond acceptors (Lipinski definition) is 4. The van der Waals surface area contributed by atoms with Crippen LogP contribution in [0.1, 0.15) is 77.0 Å². The van der Waals surface area contributed by atoms with Gasteiger partial charge in [0.05, 0.1) is 11.6 Å². The summed E-state index contributed by atoms with van der Waals surface area (Å²) in [5.41, 5.74) is 15.9. The first kappa shape index (κ1) is 18.2. The van der Waals surface area contributed by atoms with E-state index >= 15 is 0 Å². The molecule has 6 nitrogen and oxygen atoms in total. The molecule has 2 rings (SSSR count). The van der Waals surface area contributed by atoms with E-state index in [-0.39, 0.29) is 6.17 Å². The van der Waals surface area contributed by atoms with Crippen LogP contribution in [0.25, 0.3) is 0 Å². The molecule has 1 saturated carbocycles. The predicted octanol–water partition coefficient (Wildman–Crippen LogP) is 1.26. The first-order valence-electron chi connectivity index (χ1n) is 9.08. The van der Waals surface area contributed by atoms with Crippen molar-refractivity contribution in [2.24, 2.45) is 22.6 Å². The molecule has 1 heterocycles. The Kier molecular flexibility index (Phi) is 6.03. The van der Waals surface area contributed by atoms with E-state index < -0.39 is 22.8 Å². The monoisotopic (exact) mass is 324 g/mol. The molecule has 1 aliphatic heterocycles. The molecule has 0 bridgehead atoms. The average Bonchev–Trinajstić information content (AvgIpc) is 2.42. The molecule has 2 aliphatic rings. The summed E-state index contributed by atoms with van der Waals surface area (Å²) in [5, 5.41) is 3.27. The molecule has 2 fully saturated rings. The van der Waals surface area contributed by atoms with Crippen molar-refractivity contribution in [2.75, 3.05) is 0 Å². The van der Waals surface area contributed by atoms with Crippen LogP contribution in [0, 0.1) is 5.41 Å². The van der Waals surface area contributed by atoms with Gasteiger partial charge in [-0.3, -0.25) is 14.9 Å². The minimum absolute atomic E-state index is 0.329. The van der Waals surface area contributed by atoms with Crippen LogP contribution >= 0.6 is 0 Å². The van der Waals surface area contributed by atoms with Crippen LogP contribution in [0.2, 0.25) is 0 Å². The highest BCUT2D eigenvalue weighted by Crippen LogP contribution is 2.46. The first-order chi connectivity index (χ1) is 10.9. The second-order valence-corrected chi connectivity index (χ2v) is 7.33. The van der Waals surface area contributed by atoms with Crippen LogP contribution in [0.5, 0.6) is 0 Å². The van der Waals surface area contributed by atoms with E-state index in [4.69, 9.17) is 17.2 Å². The summed E-state index contributed by atoms with van der Waals surface area (Å²) >= 11 is 0. The Balaban J connectivity index is 2.47. The van der Waals surface area contributed by atoms with Crippen LogP contribution in [-0.2, 0) is 9.59 Å². The minimum atomic E-state index is -1.12. The Morgan fingerprint density at radius 1 is 0.783 bits per heavy atom. The van der Waals surface area contributed by atoms with Gasteiger partial charge < -0.3 is 17.2 Å². The fourth-order valence-electron chi connectivity index (χ4n) is 4.59. The number of primary amides is 2. The van der Waals surface area contributed by atoms with Crippen LogP contribution in [0.4, 0.5) is 0 Å². The zero-order chi connectivity index (χ0) is 16.9. The Morgan fingerprint density at radius 2 is 1.30 bits per heavy atom. The number of hydrogen-bond donors (Lipinski definition) is 4. The van der Waals surface area contributed by atoms with Gasteiger partial charge in [0.1, 0.15) is 5.54 Å². The van der Waals surface area contributed by atoms with Gasteiger partial charge in [0.2, 0.25) is 11.8 Å². The fraction of sp³-hybridized carbons (Fsp3) is 0.882. The molecular weight excluding hydrogens is 292 g/mol. The molecule has 0 radical (unpaired) electrons. The quantitative estimate of drug-likeness (QED) is 0.624. The average molecular weight is 324 g/mol. The molecule has 2 atom stereocenters. The van der Waals surface area contributed by atoms with Gasteiger partial charge in [-0.15, -0.1) is 0 Å². The van der Waals surface area contributed by atoms with Crippen molar-refractivity contribution in [1.82, 2.24) is 5.32 Å². The highest BCUT2D eigenvalue weighted by Gasteiger charge is 2.58. The fourth-order valence-corrected chi connectivity index (χ4v) is 4.59. The zero-order valence-corrected chi connectivity index (χ0v) is 14.1. The highest BCUT2D eigenvalue weighted by molar-refractivity contribution is 5.95. The van der Waals surface area contributed by atoms with Gasteiger partial charge in [-0.2, -0.15) is 0 Å². The summed E-state index contributed by atoms with van der Waals surface area (Å²) < 4.78 is 0. The van der Waals surface area contributed by atoms with E-state index in [1.54, 1.807) is 0 Å². The SMILES string of the molecule is NC(=O)C1(C2(C(N)=O)CCCCC[C@H](N)N2)CCCCCCC1. The molecule has 132 valence electrons. The number of amides is 2. The Morgan fingerprint density at radius 3 is 1.87 bits per heavy atom. The van der Waals surface area contributed by atoms with Crippen molar-refractivity contribution >= 4 is 11.8 Å². The zero-order valence-electron chi connectivity index (χ0n) is 14.1. The molecule has 0 aromatic heterocycles. The van der Waals surface area contributed by atoms with Crippen LogP contribution < -0.4 is 22.5 Å². The molecule has 6 heteroatoms. The molecule has 7 N–H and O–H groups in total. The Hall–Kier alpha value is -1.14. The summed E-state index contributed by atoms with van der Waals surface area (Å²) in [6.07, 6.45) is 10.2. The van der Waals surface area contributed by atoms with Crippen molar-refractivity contribution < 1.29 is 9.59 Å². The van der Waals surface area contributed by atoms with E-state index in [9.17, 15) is 9.59 Å². The van der Waals surface area contributed by atoms with Gasteiger partial charge in [0.25, 0.3) is 0 Å². The molecule has 0 spiro atoms. The van der Waals surface area contributed by atoms with Gasteiger partial charge in [0.15, 0.2) is 0 Å². The summed E-state index contributed by atoms with van der Waals surface area (Å²) in [5.74, 6) is -0.882. The normalized spacial score (nSPS) is 32.8. The molecule has 0 aromatic carbocycles. The maximum absolute atomic E-state index is 12.6. The smallest absolute Gasteiger partial charge is 0.238 e. The highest BCUT2D eigenvalue weighted by atomic mass is 16.2. The Labute approximate surface area is 138 Å². The molecule has 2 amide bonds. The molecule has 1 saturated heterocycles. The van der Waals surface area contributed by atoms with Crippen LogP contribution in [0.3, 0.4) is 0 Å². The van der Waals surface area contributed by atoms with Crippen molar-refractivity contribution in [1.29, 1.82) is 0 Å². The number of nitrogens with one attached hydrogen (secondary N) is 1. The summed E-state index contributed by atoms with van der Waals surface area (Å²) in [7, 11) is 0. The van der Waals surface area contributed by atoms with E-state index in [2.05, 4.69) is 5.32 Å². The minimum Gasteiger partial charge on any atom is -0.369 e. The molecule has 0 aromatic rings. The third-order valence-electron chi connectivity index (χ3n) is 5.92. The first-order valence-corrected chi connectivity index (χ1v) is 9.08. The third-order valence-corrected chi connectivity index (χ3v) is 5.92. The lowest BCUT2D eigenvalue weighted by atomic mass is 9.59. The van der Waals surface area contributed by atoms with E-state index in [0.717, 1.165) is 51.4 Å². The molecular formula is C17H32N4O2. The van der Waals surface area contributed by atoms with Gasteiger partial charge in [-0.05, 0) is 25.7 Å². The second kappa shape index (κ2) is 7.62. The number of nitrogens with two attached hydrogens (primary N) is 3. The van der Waals surface area contributed by atoms with Gasteiger partial charge in [0, 0.05) is 0 Å². The van der Waals surface area contributed by atoms with Crippen LogP contribution in [0.15, 0.2) is 0 Å². The van der Waals surface area contributed by atoms with Crippen molar-refractivity contribution in [2.45, 2.75) is 88.8 Å². The largest absolute Gasteiger partial charge is 0.369 e. The van der Waals surface area contributed by atoms with Gasteiger partial charge in [-0.25, -0.2) is 0 Å². The van der Waals surface area contributed by atoms with Crippen molar-refractivity contribution in [3.63, 3.8) is 0 Å². The number of carbonyl (C=O) groups is 2. The maximum atomic E-state index is 12.6. The number of carbonyl (C=O) groups excluding carboxylic acids is 2. The lowest BCUT2D eigenvalue weighted by Gasteiger charge is -2.50. The second-order valence-electron chi connectivity index (χ2n) is 7.33.